The van der Waals surface area contributed by atoms with E-state index in [1.807, 2.05) is 30.3 Å². The average Bonchev–Trinajstić information content (AvgIpc) is 3.17. The molecular weight excluding hydrogens is 332 g/mol. The summed E-state index contributed by atoms with van der Waals surface area (Å²) in [6.45, 7) is 5.20. The smallest absolute Gasteiger partial charge is 0.258 e. The summed E-state index contributed by atoms with van der Waals surface area (Å²) in [5.41, 5.74) is 0. The Morgan fingerprint density at radius 3 is 2.68 bits per heavy atom. The van der Waals surface area contributed by atoms with E-state index in [-0.39, 0.29) is 18.6 Å². The van der Waals surface area contributed by atoms with E-state index in [1.54, 1.807) is 11.3 Å². The first-order valence-corrected chi connectivity index (χ1v) is 9.82. The Morgan fingerprint density at radius 1 is 1.24 bits per heavy atom. The van der Waals surface area contributed by atoms with Crippen LogP contribution < -0.4 is 10.1 Å². The number of hydrogen-bond donors (Lipinski definition) is 1. The fourth-order valence-electron chi connectivity index (χ4n) is 3.16. The highest BCUT2D eigenvalue weighted by Gasteiger charge is 2.25. The molecule has 0 bridgehead atoms. The first-order chi connectivity index (χ1) is 12.2. The van der Waals surface area contributed by atoms with Crippen molar-refractivity contribution in [3.05, 3.63) is 52.7 Å². The van der Waals surface area contributed by atoms with Gasteiger partial charge in [0, 0.05) is 11.4 Å². The molecule has 1 fully saturated rings. The molecule has 1 aliphatic heterocycles. The van der Waals surface area contributed by atoms with Crippen molar-refractivity contribution in [3.8, 4) is 5.75 Å². The van der Waals surface area contributed by atoms with Crippen LogP contribution in [-0.4, -0.2) is 37.0 Å². The third-order valence-electron chi connectivity index (χ3n) is 4.74. The Morgan fingerprint density at radius 2 is 2.00 bits per heavy atom. The van der Waals surface area contributed by atoms with Gasteiger partial charge in [0.1, 0.15) is 5.75 Å². The topological polar surface area (TPSA) is 41.6 Å². The molecule has 3 rings (SSSR count). The van der Waals surface area contributed by atoms with Gasteiger partial charge in [-0.2, -0.15) is 0 Å². The Labute approximate surface area is 153 Å². The molecule has 1 unspecified atom stereocenters. The van der Waals surface area contributed by atoms with Crippen molar-refractivity contribution in [2.24, 2.45) is 5.92 Å². The van der Waals surface area contributed by atoms with E-state index in [4.69, 9.17) is 4.74 Å². The van der Waals surface area contributed by atoms with E-state index in [0.717, 1.165) is 24.8 Å². The molecule has 1 saturated heterocycles. The minimum absolute atomic E-state index is 0.0538. The molecule has 1 aromatic heterocycles. The van der Waals surface area contributed by atoms with E-state index in [2.05, 4.69) is 34.7 Å². The van der Waals surface area contributed by atoms with Gasteiger partial charge in [-0.25, -0.2) is 0 Å². The maximum Gasteiger partial charge on any atom is 0.258 e. The van der Waals surface area contributed by atoms with Gasteiger partial charge in [0.05, 0.1) is 6.04 Å². The van der Waals surface area contributed by atoms with Crippen LogP contribution in [0.15, 0.2) is 47.8 Å². The summed E-state index contributed by atoms with van der Waals surface area (Å²) in [7, 11) is 0. The predicted octanol–water partition coefficient (Wildman–Crippen LogP) is 3.72. The van der Waals surface area contributed by atoms with E-state index < -0.39 is 0 Å². The van der Waals surface area contributed by atoms with E-state index in [9.17, 15) is 4.79 Å². The van der Waals surface area contributed by atoms with Gasteiger partial charge < -0.3 is 10.1 Å². The van der Waals surface area contributed by atoms with Gasteiger partial charge in [-0.05, 0) is 55.4 Å². The number of ether oxygens (including phenoxy) is 1. The van der Waals surface area contributed by atoms with Crippen molar-refractivity contribution >= 4 is 17.2 Å². The average molecular weight is 359 g/mol. The first kappa shape index (κ1) is 18.0. The van der Waals surface area contributed by atoms with Crippen LogP contribution in [-0.2, 0) is 4.79 Å². The standard InChI is InChI=1S/C20H26N2O2S/c1-16-9-11-22(12-10-16)18(19-8-5-13-25-19)14-21-20(23)15-24-17-6-3-2-4-7-17/h2-8,13,16,18H,9-12,14-15H2,1H3,(H,21,23). The monoisotopic (exact) mass is 358 g/mol. The third kappa shape index (κ3) is 5.31. The lowest BCUT2D eigenvalue weighted by Gasteiger charge is -2.36. The second-order valence-electron chi connectivity index (χ2n) is 6.66. The number of benzene rings is 1. The summed E-state index contributed by atoms with van der Waals surface area (Å²) in [6.07, 6.45) is 2.46. The molecular formula is C20H26N2O2S. The molecule has 2 aromatic rings. The largest absolute Gasteiger partial charge is 0.484 e. The molecule has 0 radical (unpaired) electrons. The van der Waals surface area contributed by atoms with Crippen molar-refractivity contribution < 1.29 is 9.53 Å². The molecule has 1 aromatic carbocycles. The van der Waals surface area contributed by atoms with Gasteiger partial charge in [0.2, 0.25) is 0 Å². The predicted molar refractivity (Wildman–Crippen MR) is 102 cm³/mol. The van der Waals surface area contributed by atoms with Crippen molar-refractivity contribution in [1.82, 2.24) is 10.2 Å². The van der Waals surface area contributed by atoms with Crippen LogP contribution in [0.3, 0.4) is 0 Å². The summed E-state index contributed by atoms with van der Waals surface area (Å²) >= 11 is 1.76. The number of piperidine rings is 1. The number of nitrogens with zero attached hydrogens (tertiary/aromatic N) is 1. The van der Waals surface area contributed by atoms with Gasteiger partial charge in [-0.1, -0.05) is 31.2 Å². The van der Waals surface area contributed by atoms with Crippen LogP contribution in [0.4, 0.5) is 0 Å². The number of thiophene rings is 1. The number of likely N-dealkylation sites (tertiary alicyclic amines) is 1. The highest BCUT2D eigenvalue weighted by atomic mass is 32.1. The van der Waals surface area contributed by atoms with Gasteiger partial charge in [0.25, 0.3) is 5.91 Å². The number of carbonyl (C=O) groups excluding carboxylic acids is 1. The second-order valence-corrected chi connectivity index (χ2v) is 7.63. The molecule has 0 saturated carbocycles. The lowest BCUT2D eigenvalue weighted by atomic mass is 9.97. The minimum atomic E-state index is -0.0733. The first-order valence-electron chi connectivity index (χ1n) is 8.94. The summed E-state index contributed by atoms with van der Waals surface area (Å²) in [5, 5.41) is 5.16. The lowest BCUT2D eigenvalue weighted by Crippen LogP contribution is -2.42. The molecule has 0 aliphatic carbocycles. The third-order valence-corrected chi connectivity index (χ3v) is 5.71. The summed E-state index contributed by atoms with van der Waals surface area (Å²) in [6, 6.07) is 14.0. The van der Waals surface area contributed by atoms with E-state index >= 15 is 0 Å². The van der Waals surface area contributed by atoms with Gasteiger partial charge in [-0.15, -0.1) is 11.3 Å². The van der Waals surface area contributed by atoms with Gasteiger partial charge in [-0.3, -0.25) is 9.69 Å². The van der Waals surface area contributed by atoms with Crippen LogP contribution in [0.2, 0.25) is 0 Å². The van der Waals surface area contributed by atoms with Crippen molar-refractivity contribution in [2.45, 2.75) is 25.8 Å². The Bertz CT molecular complexity index is 637. The minimum Gasteiger partial charge on any atom is -0.484 e. The van der Waals surface area contributed by atoms with Crippen molar-refractivity contribution in [2.75, 3.05) is 26.2 Å². The molecule has 1 aliphatic rings. The zero-order valence-electron chi connectivity index (χ0n) is 14.7. The van der Waals surface area contributed by atoms with Crippen LogP contribution in [0, 0.1) is 5.92 Å². The fraction of sp³-hybridized carbons (Fsp3) is 0.450. The second kappa shape index (κ2) is 9.02. The number of rotatable bonds is 7. The molecule has 5 heteroatoms. The number of nitrogens with one attached hydrogen (secondary N) is 1. The zero-order chi connectivity index (χ0) is 17.5. The fourth-order valence-corrected chi connectivity index (χ4v) is 4.02. The van der Waals surface area contributed by atoms with Crippen LogP contribution in [0.25, 0.3) is 0 Å². The summed E-state index contributed by atoms with van der Waals surface area (Å²) in [5.74, 6) is 1.45. The quantitative estimate of drug-likeness (QED) is 0.820. The SMILES string of the molecule is CC1CCN(C(CNC(=O)COc2ccccc2)c2cccs2)CC1. The van der Waals surface area contributed by atoms with Gasteiger partial charge in [0.15, 0.2) is 6.61 Å². The summed E-state index contributed by atoms with van der Waals surface area (Å²) < 4.78 is 5.53. The molecule has 0 spiro atoms. The highest BCUT2D eigenvalue weighted by molar-refractivity contribution is 7.10. The van der Waals surface area contributed by atoms with Crippen LogP contribution >= 0.6 is 11.3 Å². The molecule has 1 amide bonds. The molecule has 134 valence electrons. The lowest BCUT2D eigenvalue weighted by molar-refractivity contribution is -0.123. The summed E-state index contributed by atoms with van der Waals surface area (Å²) in [4.78, 5) is 16.0. The Kier molecular flexibility index (Phi) is 6.48. The number of para-hydroxylation sites is 1. The van der Waals surface area contributed by atoms with Crippen LogP contribution in [0.5, 0.6) is 5.75 Å². The normalized spacial score (nSPS) is 17.2. The van der Waals surface area contributed by atoms with E-state index in [0.29, 0.717) is 6.54 Å². The maximum atomic E-state index is 12.2. The zero-order valence-corrected chi connectivity index (χ0v) is 15.5. The Balaban J connectivity index is 1.52. The Hall–Kier alpha value is -1.85. The molecule has 4 nitrogen and oxygen atoms in total. The maximum absolute atomic E-state index is 12.2. The van der Waals surface area contributed by atoms with Crippen molar-refractivity contribution in [3.63, 3.8) is 0 Å². The van der Waals surface area contributed by atoms with Crippen molar-refractivity contribution in [1.29, 1.82) is 0 Å². The van der Waals surface area contributed by atoms with E-state index in [1.165, 1.54) is 17.7 Å². The number of carbonyl (C=O) groups is 1. The number of amides is 1. The van der Waals surface area contributed by atoms with Crippen LogP contribution in [0.1, 0.15) is 30.7 Å². The molecule has 1 atom stereocenters. The molecule has 25 heavy (non-hydrogen) atoms. The highest BCUT2D eigenvalue weighted by Crippen LogP contribution is 2.29. The molecule has 2 heterocycles. The number of hydrogen-bond acceptors (Lipinski definition) is 4. The van der Waals surface area contributed by atoms with Gasteiger partial charge >= 0.3 is 0 Å². The molecule has 1 N–H and O–H groups in total.